The first-order valence-corrected chi connectivity index (χ1v) is 9.24. The van der Waals surface area contributed by atoms with E-state index in [-0.39, 0.29) is 6.61 Å². The van der Waals surface area contributed by atoms with Gasteiger partial charge in [-0.1, -0.05) is 30.3 Å². The summed E-state index contributed by atoms with van der Waals surface area (Å²) in [6.45, 7) is 6.87. The zero-order valence-corrected chi connectivity index (χ0v) is 15.0. The average molecular weight is 334 g/mol. The van der Waals surface area contributed by atoms with Gasteiger partial charge < -0.3 is 10.1 Å². The molecule has 25 heavy (non-hydrogen) atoms. The number of H-pyrrole nitrogens is 1. The van der Waals surface area contributed by atoms with Crippen LogP contribution in [0, 0.1) is 6.92 Å². The van der Waals surface area contributed by atoms with E-state index in [2.05, 4.69) is 66.2 Å². The van der Waals surface area contributed by atoms with Crippen LogP contribution in [0.25, 0.3) is 22.0 Å². The first-order chi connectivity index (χ1) is 12.2. The van der Waals surface area contributed by atoms with Crippen molar-refractivity contribution in [1.29, 1.82) is 0 Å². The highest BCUT2D eigenvalue weighted by Crippen LogP contribution is 2.30. The van der Waals surface area contributed by atoms with Crippen LogP contribution < -0.4 is 0 Å². The fourth-order valence-corrected chi connectivity index (χ4v) is 4.01. The highest BCUT2D eigenvalue weighted by Gasteiger charge is 2.19. The second kappa shape index (κ2) is 6.66. The van der Waals surface area contributed by atoms with Crippen molar-refractivity contribution in [3.8, 4) is 11.1 Å². The second-order valence-electron chi connectivity index (χ2n) is 7.19. The van der Waals surface area contributed by atoms with Crippen molar-refractivity contribution in [1.82, 2.24) is 9.88 Å². The first kappa shape index (κ1) is 16.4. The van der Waals surface area contributed by atoms with Crippen LogP contribution in [-0.4, -0.2) is 28.1 Å². The summed E-state index contributed by atoms with van der Waals surface area (Å²) in [4.78, 5) is 5.86. The van der Waals surface area contributed by atoms with Crippen LogP contribution >= 0.6 is 0 Å². The highest BCUT2D eigenvalue weighted by atomic mass is 16.3. The molecule has 3 nitrogen and oxygen atoms in total. The Balaban J connectivity index is 1.63. The fourth-order valence-electron chi connectivity index (χ4n) is 4.01. The van der Waals surface area contributed by atoms with Crippen molar-refractivity contribution < 1.29 is 5.11 Å². The number of nitrogens with one attached hydrogen (secondary N) is 1. The van der Waals surface area contributed by atoms with E-state index in [1.165, 1.54) is 48.0 Å². The molecule has 0 radical (unpaired) electrons. The maximum absolute atomic E-state index is 9.44. The van der Waals surface area contributed by atoms with Crippen molar-refractivity contribution in [2.75, 3.05) is 13.1 Å². The number of hydrogen-bond donors (Lipinski definition) is 2. The molecule has 130 valence electrons. The third-order valence-corrected chi connectivity index (χ3v) is 5.73. The van der Waals surface area contributed by atoms with Gasteiger partial charge in [0.2, 0.25) is 0 Å². The molecular formula is C22H26N2O. The topological polar surface area (TPSA) is 39.3 Å². The molecule has 0 unspecified atom stereocenters. The number of nitrogens with zero attached hydrogens (tertiary/aromatic N) is 1. The van der Waals surface area contributed by atoms with Gasteiger partial charge in [-0.25, -0.2) is 0 Å². The molecule has 3 heteroatoms. The summed E-state index contributed by atoms with van der Waals surface area (Å²) in [5.74, 6) is 0. The number of aryl methyl sites for hydroxylation is 1. The molecule has 0 spiro atoms. The molecule has 1 aromatic heterocycles. The highest BCUT2D eigenvalue weighted by molar-refractivity contribution is 5.88. The number of fused-ring (bicyclic) bond motifs is 1. The van der Waals surface area contributed by atoms with Gasteiger partial charge in [-0.15, -0.1) is 0 Å². The Labute approximate surface area is 149 Å². The van der Waals surface area contributed by atoms with Gasteiger partial charge in [-0.2, -0.15) is 0 Å². The summed E-state index contributed by atoms with van der Waals surface area (Å²) in [5, 5.41) is 10.6. The SMILES string of the molecule is Cc1c(CO)[nH]c2ccc(-c3ccc([C@H](C)N4CCCC4)cc3)cc12. The number of likely N-dealkylation sites (tertiary alicyclic amines) is 1. The van der Waals surface area contributed by atoms with E-state index in [9.17, 15) is 5.11 Å². The number of benzene rings is 2. The van der Waals surface area contributed by atoms with Crippen LogP contribution in [0.5, 0.6) is 0 Å². The molecule has 0 aliphatic carbocycles. The summed E-state index contributed by atoms with van der Waals surface area (Å²) < 4.78 is 0. The largest absolute Gasteiger partial charge is 0.390 e. The van der Waals surface area contributed by atoms with E-state index >= 15 is 0 Å². The lowest BCUT2D eigenvalue weighted by molar-refractivity contribution is 0.263. The second-order valence-corrected chi connectivity index (χ2v) is 7.19. The van der Waals surface area contributed by atoms with Crippen LogP contribution in [0.4, 0.5) is 0 Å². The summed E-state index contributed by atoms with van der Waals surface area (Å²) >= 11 is 0. The lowest BCUT2D eigenvalue weighted by atomic mass is 9.99. The minimum absolute atomic E-state index is 0.0545. The lowest BCUT2D eigenvalue weighted by Crippen LogP contribution is -2.23. The molecule has 0 saturated carbocycles. The van der Waals surface area contributed by atoms with Crippen molar-refractivity contribution >= 4 is 10.9 Å². The monoisotopic (exact) mass is 334 g/mol. The van der Waals surface area contributed by atoms with Crippen LogP contribution in [-0.2, 0) is 6.61 Å². The predicted molar refractivity (Wildman–Crippen MR) is 104 cm³/mol. The van der Waals surface area contributed by atoms with Gasteiger partial charge in [0.1, 0.15) is 0 Å². The molecule has 0 amide bonds. The number of rotatable bonds is 4. The molecule has 1 aliphatic rings. The third kappa shape index (κ3) is 2.99. The van der Waals surface area contributed by atoms with E-state index in [0.717, 1.165) is 16.8 Å². The molecule has 2 N–H and O–H groups in total. The number of hydrogen-bond acceptors (Lipinski definition) is 2. The smallest absolute Gasteiger partial charge is 0.0833 e. The molecular weight excluding hydrogens is 308 g/mol. The Morgan fingerprint density at radius 1 is 1.04 bits per heavy atom. The number of aliphatic hydroxyl groups excluding tert-OH is 1. The van der Waals surface area contributed by atoms with Crippen LogP contribution in [0.15, 0.2) is 42.5 Å². The minimum Gasteiger partial charge on any atom is -0.390 e. The number of aromatic amines is 1. The van der Waals surface area contributed by atoms with Crippen molar-refractivity contribution in [3.63, 3.8) is 0 Å². The molecule has 0 bridgehead atoms. The molecule has 2 heterocycles. The molecule has 1 atom stereocenters. The zero-order chi connectivity index (χ0) is 17.4. The Morgan fingerprint density at radius 3 is 2.40 bits per heavy atom. The van der Waals surface area contributed by atoms with Crippen molar-refractivity contribution in [2.24, 2.45) is 0 Å². The maximum atomic E-state index is 9.44. The van der Waals surface area contributed by atoms with Gasteiger partial charge in [0, 0.05) is 22.6 Å². The zero-order valence-electron chi connectivity index (χ0n) is 15.0. The maximum Gasteiger partial charge on any atom is 0.0833 e. The van der Waals surface area contributed by atoms with Gasteiger partial charge in [0.15, 0.2) is 0 Å². The van der Waals surface area contributed by atoms with Crippen molar-refractivity contribution in [3.05, 3.63) is 59.3 Å². The minimum atomic E-state index is 0.0545. The standard InChI is InChI=1S/C22H26N2O/c1-15-20-13-19(9-10-21(20)23-22(15)14-25)18-7-5-17(6-8-18)16(2)24-11-3-4-12-24/h5-10,13,16,23,25H,3-4,11-12,14H2,1-2H3/t16-/m0/s1. The Kier molecular flexibility index (Phi) is 4.36. The van der Waals surface area contributed by atoms with Crippen LogP contribution in [0.1, 0.15) is 42.6 Å². The molecule has 1 fully saturated rings. The quantitative estimate of drug-likeness (QED) is 0.720. The van der Waals surface area contributed by atoms with E-state index < -0.39 is 0 Å². The normalized spacial score (nSPS) is 16.6. The van der Waals surface area contributed by atoms with Crippen molar-refractivity contribution in [2.45, 2.75) is 39.3 Å². The van der Waals surface area contributed by atoms with E-state index in [1.807, 2.05) is 0 Å². The predicted octanol–water partition coefficient (Wildman–Crippen LogP) is 4.79. The molecule has 2 aromatic carbocycles. The van der Waals surface area contributed by atoms with E-state index in [4.69, 9.17) is 0 Å². The Bertz CT molecular complexity index is 873. The average Bonchev–Trinajstić information content (AvgIpc) is 3.29. The fraction of sp³-hybridized carbons (Fsp3) is 0.364. The van der Waals surface area contributed by atoms with Gasteiger partial charge >= 0.3 is 0 Å². The van der Waals surface area contributed by atoms with Crippen LogP contribution in [0.2, 0.25) is 0 Å². The van der Waals surface area contributed by atoms with E-state index in [1.54, 1.807) is 0 Å². The molecule has 1 saturated heterocycles. The van der Waals surface area contributed by atoms with Crippen LogP contribution in [0.3, 0.4) is 0 Å². The summed E-state index contributed by atoms with van der Waals surface area (Å²) in [7, 11) is 0. The number of aliphatic hydroxyl groups is 1. The summed E-state index contributed by atoms with van der Waals surface area (Å²) in [5.41, 5.74) is 6.99. The van der Waals surface area contributed by atoms with Gasteiger partial charge in [0.05, 0.1) is 6.61 Å². The van der Waals surface area contributed by atoms with Gasteiger partial charge in [-0.05, 0) is 74.2 Å². The Morgan fingerprint density at radius 2 is 1.72 bits per heavy atom. The first-order valence-electron chi connectivity index (χ1n) is 9.24. The lowest BCUT2D eigenvalue weighted by Gasteiger charge is -2.24. The Hall–Kier alpha value is -2.10. The van der Waals surface area contributed by atoms with E-state index in [0.29, 0.717) is 6.04 Å². The summed E-state index contributed by atoms with van der Waals surface area (Å²) in [6, 6.07) is 16.0. The number of aromatic nitrogens is 1. The molecule has 3 aromatic rings. The molecule has 4 rings (SSSR count). The third-order valence-electron chi connectivity index (χ3n) is 5.73. The molecule has 1 aliphatic heterocycles. The van der Waals surface area contributed by atoms with Gasteiger partial charge in [0.25, 0.3) is 0 Å². The van der Waals surface area contributed by atoms with Gasteiger partial charge in [-0.3, -0.25) is 4.90 Å². The summed E-state index contributed by atoms with van der Waals surface area (Å²) in [6.07, 6.45) is 2.66.